The summed E-state index contributed by atoms with van der Waals surface area (Å²) < 4.78 is 5.36. The summed E-state index contributed by atoms with van der Waals surface area (Å²) in [5.74, 6) is 1.56. The van der Waals surface area contributed by atoms with Gasteiger partial charge in [0.2, 0.25) is 17.6 Å². The zero-order chi connectivity index (χ0) is 13.2. The monoisotopic (exact) mass is 277 g/mol. The molecule has 1 atom stereocenters. The number of aromatic nitrogens is 2. The molecule has 0 aliphatic carbocycles. The second kappa shape index (κ2) is 5.13. The van der Waals surface area contributed by atoms with Gasteiger partial charge in [-0.3, -0.25) is 4.79 Å². The van der Waals surface area contributed by atoms with Crippen molar-refractivity contribution in [2.24, 2.45) is 0 Å². The summed E-state index contributed by atoms with van der Waals surface area (Å²) in [4.78, 5) is 17.7. The summed E-state index contributed by atoms with van der Waals surface area (Å²) in [7, 11) is 0. The SMILES string of the molecule is CC(=O)N1CCCC(c2nc(-c3ccsc3)no2)C1. The number of piperidine rings is 1. The molecule has 3 heterocycles. The van der Waals surface area contributed by atoms with Crippen molar-refractivity contribution < 1.29 is 9.32 Å². The lowest BCUT2D eigenvalue weighted by Gasteiger charge is -2.29. The lowest BCUT2D eigenvalue weighted by atomic mass is 9.98. The van der Waals surface area contributed by atoms with Gasteiger partial charge in [-0.2, -0.15) is 16.3 Å². The van der Waals surface area contributed by atoms with E-state index >= 15 is 0 Å². The number of carbonyl (C=O) groups excluding carboxylic acids is 1. The molecule has 0 saturated carbocycles. The molecule has 0 spiro atoms. The van der Waals surface area contributed by atoms with Crippen molar-refractivity contribution in [2.45, 2.75) is 25.7 Å². The zero-order valence-corrected chi connectivity index (χ0v) is 11.5. The first-order chi connectivity index (χ1) is 9.24. The zero-order valence-electron chi connectivity index (χ0n) is 10.7. The number of hydrogen-bond acceptors (Lipinski definition) is 5. The standard InChI is InChI=1S/C13H15N3O2S/c1-9(17)16-5-2-3-10(7-16)13-14-12(15-18-13)11-4-6-19-8-11/h4,6,8,10H,2-3,5,7H2,1H3. The molecular formula is C13H15N3O2S. The van der Waals surface area contributed by atoms with Crippen LogP contribution >= 0.6 is 11.3 Å². The summed E-state index contributed by atoms with van der Waals surface area (Å²) in [6, 6.07) is 1.97. The van der Waals surface area contributed by atoms with Gasteiger partial charge in [-0.1, -0.05) is 5.16 Å². The molecule has 1 fully saturated rings. The highest BCUT2D eigenvalue weighted by Crippen LogP contribution is 2.28. The van der Waals surface area contributed by atoms with Gasteiger partial charge < -0.3 is 9.42 Å². The van der Waals surface area contributed by atoms with Crippen LogP contribution < -0.4 is 0 Å². The van der Waals surface area contributed by atoms with Crippen molar-refractivity contribution in [3.8, 4) is 11.4 Å². The topological polar surface area (TPSA) is 59.2 Å². The van der Waals surface area contributed by atoms with Crippen LogP contribution in [0.5, 0.6) is 0 Å². The molecule has 6 heteroatoms. The van der Waals surface area contributed by atoms with Gasteiger partial charge >= 0.3 is 0 Å². The van der Waals surface area contributed by atoms with Gasteiger partial charge in [0.1, 0.15) is 0 Å². The Labute approximate surface area is 115 Å². The average Bonchev–Trinajstić information content (AvgIpc) is 3.09. The van der Waals surface area contributed by atoms with Crippen LogP contribution in [0.4, 0.5) is 0 Å². The van der Waals surface area contributed by atoms with Crippen LogP contribution in [0.25, 0.3) is 11.4 Å². The van der Waals surface area contributed by atoms with Gasteiger partial charge in [0.15, 0.2) is 0 Å². The van der Waals surface area contributed by atoms with E-state index in [1.807, 2.05) is 21.7 Å². The molecule has 19 heavy (non-hydrogen) atoms. The van der Waals surface area contributed by atoms with Crippen molar-refractivity contribution in [1.29, 1.82) is 0 Å². The molecule has 0 bridgehead atoms. The smallest absolute Gasteiger partial charge is 0.231 e. The number of carbonyl (C=O) groups is 1. The van der Waals surface area contributed by atoms with Crippen molar-refractivity contribution in [2.75, 3.05) is 13.1 Å². The Morgan fingerprint density at radius 3 is 3.21 bits per heavy atom. The maximum absolute atomic E-state index is 11.4. The Morgan fingerprint density at radius 1 is 1.58 bits per heavy atom. The fourth-order valence-electron chi connectivity index (χ4n) is 2.37. The molecule has 0 aromatic carbocycles. The molecule has 1 saturated heterocycles. The van der Waals surface area contributed by atoms with Crippen LogP contribution in [0, 0.1) is 0 Å². The fourth-order valence-corrected chi connectivity index (χ4v) is 3.01. The minimum absolute atomic E-state index is 0.113. The number of hydrogen-bond donors (Lipinski definition) is 0. The van der Waals surface area contributed by atoms with Gasteiger partial charge in [0.05, 0.1) is 5.92 Å². The van der Waals surface area contributed by atoms with Crippen LogP contribution in [0.1, 0.15) is 31.6 Å². The molecule has 0 radical (unpaired) electrons. The third kappa shape index (κ3) is 2.53. The van der Waals surface area contributed by atoms with Crippen LogP contribution in [0.15, 0.2) is 21.3 Å². The molecular weight excluding hydrogens is 262 g/mol. The quantitative estimate of drug-likeness (QED) is 0.846. The first kappa shape index (κ1) is 12.3. The Morgan fingerprint density at radius 2 is 2.47 bits per heavy atom. The van der Waals surface area contributed by atoms with Crippen molar-refractivity contribution in [3.05, 3.63) is 22.7 Å². The molecule has 5 nitrogen and oxygen atoms in total. The normalized spacial score (nSPS) is 19.6. The minimum Gasteiger partial charge on any atom is -0.342 e. The number of rotatable bonds is 2. The van der Waals surface area contributed by atoms with Crippen molar-refractivity contribution >= 4 is 17.2 Å². The molecule has 1 aliphatic heterocycles. The summed E-state index contributed by atoms with van der Waals surface area (Å²) in [5, 5.41) is 8.01. The van der Waals surface area contributed by atoms with Gasteiger partial charge in [-0.15, -0.1) is 0 Å². The summed E-state index contributed by atoms with van der Waals surface area (Å²) >= 11 is 1.61. The summed E-state index contributed by atoms with van der Waals surface area (Å²) in [6.07, 6.45) is 1.98. The number of nitrogens with zero attached hydrogens (tertiary/aromatic N) is 3. The average molecular weight is 277 g/mol. The van der Waals surface area contributed by atoms with Crippen LogP contribution in [-0.4, -0.2) is 34.0 Å². The van der Waals surface area contributed by atoms with Gasteiger partial charge in [0, 0.05) is 31.0 Å². The Balaban J connectivity index is 1.77. The third-order valence-electron chi connectivity index (χ3n) is 3.44. The van der Waals surface area contributed by atoms with Crippen molar-refractivity contribution in [1.82, 2.24) is 15.0 Å². The third-order valence-corrected chi connectivity index (χ3v) is 4.12. The van der Waals surface area contributed by atoms with Gasteiger partial charge in [-0.05, 0) is 24.3 Å². The van der Waals surface area contributed by atoms with E-state index in [-0.39, 0.29) is 11.8 Å². The second-order valence-corrected chi connectivity index (χ2v) is 5.55. The van der Waals surface area contributed by atoms with Gasteiger partial charge in [-0.25, -0.2) is 0 Å². The van der Waals surface area contributed by atoms with Crippen LogP contribution in [0.3, 0.4) is 0 Å². The van der Waals surface area contributed by atoms with Crippen LogP contribution in [0.2, 0.25) is 0 Å². The Kier molecular flexibility index (Phi) is 3.33. The predicted octanol–water partition coefficient (Wildman–Crippen LogP) is 2.52. The maximum Gasteiger partial charge on any atom is 0.231 e. The number of thiophene rings is 1. The van der Waals surface area contributed by atoms with Crippen LogP contribution in [-0.2, 0) is 4.79 Å². The molecule has 0 N–H and O–H groups in total. The molecule has 1 aliphatic rings. The van der Waals surface area contributed by atoms with E-state index in [1.54, 1.807) is 18.3 Å². The lowest BCUT2D eigenvalue weighted by Crippen LogP contribution is -2.37. The molecule has 3 rings (SSSR count). The van der Waals surface area contributed by atoms with E-state index in [9.17, 15) is 4.79 Å². The van der Waals surface area contributed by atoms with E-state index in [0.717, 1.165) is 24.9 Å². The highest BCUT2D eigenvalue weighted by atomic mass is 32.1. The number of likely N-dealkylation sites (tertiary alicyclic amines) is 1. The fraction of sp³-hybridized carbons (Fsp3) is 0.462. The molecule has 100 valence electrons. The minimum atomic E-state index is 0.113. The predicted molar refractivity (Wildman–Crippen MR) is 71.8 cm³/mol. The molecule has 1 amide bonds. The molecule has 2 aromatic rings. The lowest BCUT2D eigenvalue weighted by molar-refractivity contribution is -0.130. The molecule has 2 aromatic heterocycles. The molecule has 1 unspecified atom stereocenters. The van der Waals surface area contributed by atoms with Crippen molar-refractivity contribution in [3.63, 3.8) is 0 Å². The Bertz CT molecular complexity index is 564. The van der Waals surface area contributed by atoms with E-state index in [2.05, 4.69) is 10.1 Å². The van der Waals surface area contributed by atoms with E-state index in [1.165, 1.54) is 0 Å². The maximum atomic E-state index is 11.4. The van der Waals surface area contributed by atoms with Gasteiger partial charge in [0.25, 0.3) is 0 Å². The first-order valence-corrected chi connectivity index (χ1v) is 7.30. The summed E-state index contributed by atoms with van der Waals surface area (Å²) in [5.41, 5.74) is 0.985. The van der Waals surface area contributed by atoms with E-state index < -0.39 is 0 Å². The first-order valence-electron chi connectivity index (χ1n) is 6.35. The highest BCUT2D eigenvalue weighted by Gasteiger charge is 2.27. The largest absolute Gasteiger partial charge is 0.342 e. The number of amides is 1. The second-order valence-electron chi connectivity index (χ2n) is 4.77. The summed E-state index contributed by atoms with van der Waals surface area (Å²) in [6.45, 7) is 3.12. The van der Waals surface area contributed by atoms with E-state index in [4.69, 9.17) is 4.52 Å². The van der Waals surface area contributed by atoms with E-state index in [0.29, 0.717) is 18.3 Å². The highest BCUT2D eigenvalue weighted by molar-refractivity contribution is 7.08. The Hall–Kier alpha value is -1.69.